The first kappa shape index (κ1) is 9.97. The van der Waals surface area contributed by atoms with Gasteiger partial charge < -0.3 is 10.2 Å². The molecular weight excluding hydrogens is 208 g/mol. The lowest BCUT2D eigenvalue weighted by Crippen LogP contribution is -3.03. The Balaban J connectivity index is 1.85. The first-order chi connectivity index (χ1) is 7.32. The molecule has 1 saturated carbocycles. The predicted molar refractivity (Wildman–Crippen MR) is 60.6 cm³/mol. The molecule has 1 spiro atoms. The van der Waals surface area contributed by atoms with Gasteiger partial charge in [-0.05, 0) is 12.8 Å². The summed E-state index contributed by atoms with van der Waals surface area (Å²) in [6.45, 7) is 2.08. The van der Waals surface area contributed by atoms with Crippen molar-refractivity contribution in [3.05, 3.63) is 0 Å². The average molecular weight is 227 g/mol. The second-order valence-electron chi connectivity index (χ2n) is 5.04. The lowest BCUT2D eigenvalue weighted by atomic mass is 9.80. The van der Waals surface area contributed by atoms with Gasteiger partial charge in [-0.15, -0.1) is 11.8 Å². The van der Waals surface area contributed by atoms with Crippen molar-refractivity contribution in [2.45, 2.75) is 43.0 Å². The summed E-state index contributed by atoms with van der Waals surface area (Å²) in [5.74, 6) is 1.10. The number of nitrogens with two attached hydrogens (primary N) is 1. The van der Waals surface area contributed by atoms with Crippen LogP contribution in [0.4, 0.5) is 0 Å². The molecule has 0 aromatic carbocycles. The third kappa shape index (κ3) is 1.49. The van der Waals surface area contributed by atoms with E-state index >= 15 is 0 Å². The number of amides is 1. The number of carbonyl (C=O) groups is 1. The minimum Gasteiger partial charge on any atom is -0.337 e. The van der Waals surface area contributed by atoms with Crippen LogP contribution in [0.25, 0.3) is 0 Å². The molecule has 2 N–H and O–H groups in total. The van der Waals surface area contributed by atoms with Crippen molar-refractivity contribution in [3.63, 3.8) is 0 Å². The van der Waals surface area contributed by atoms with Crippen LogP contribution in [0.2, 0.25) is 0 Å². The molecule has 3 rings (SSSR count). The second kappa shape index (κ2) is 3.67. The molecule has 0 unspecified atom stereocenters. The van der Waals surface area contributed by atoms with Crippen molar-refractivity contribution in [1.29, 1.82) is 0 Å². The third-order valence-corrected chi connectivity index (χ3v) is 5.62. The van der Waals surface area contributed by atoms with Crippen LogP contribution in [-0.2, 0) is 4.79 Å². The highest BCUT2D eigenvalue weighted by atomic mass is 32.2. The minimum atomic E-state index is 0.378. The van der Waals surface area contributed by atoms with E-state index < -0.39 is 0 Å². The van der Waals surface area contributed by atoms with E-state index in [9.17, 15) is 4.79 Å². The van der Waals surface area contributed by atoms with Crippen molar-refractivity contribution in [3.8, 4) is 0 Å². The molecule has 2 heterocycles. The Labute approximate surface area is 95.0 Å². The molecule has 0 radical (unpaired) electrons. The van der Waals surface area contributed by atoms with Gasteiger partial charge in [-0.2, -0.15) is 0 Å². The molecule has 0 aromatic rings. The zero-order valence-electron chi connectivity index (χ0n) is 9.08. The first-order valence-corrected chi connectivity index (χ1v) is 7.12. The molecule has 1 amide bonds. The summed E-state index contributed by atoms with van der Waals surface area (Å²) in [5, 5.41) is 3.03. The minimum absolute atomic E-state index is 0.378. The fourth-order valence-corrected chi connectivity index (χ4v) is 4.96. The zero-order valence-corrected chi connectivity index (χ0v) is 9.89. The Hall–Kier alpha value is -0.220. The van der Waals surface area contributed by atoms with Crippen LogP contribution in [0.3, 0.4) is 0 Å². The highest BCUT2D eigenvalue weighted by Gasteiger charge is 2.53. The van der Waals surface area contributed by atoms with Crippen molar-refractivity contribution in [1.82, 2.24) is 4.90 Å². The Morgan fingerprint density at radius 2 is 2.13 bits per heavy atom. The van der Waals surface area contributed by atoms with Gasteiger partial charge in [0, 0.05) is 12.8 Å². The van der Waals surface area contributed by atoms with Crippen molar-refractivity contribution < 1.29 is 10.1 Å². The largest absolute Gasteiger partial charge is 0.337 e. The van der Waals surface area contributed by atoms with Gasteiger partial charge in [0.25, 0.3) is 0 Å². The maximum absolute atomic E-state index is 11.7. The lowest BCUT2D eigenvalue weighted by molar-refractivity contribution is -0.740. The Morgan fingerprint density at radius 3 is 2.93 bits per heavy atom. The summed E-state index contributed by atoms with van der Waals surface area (Å²) in [6.07, 6.45) is 6.73. The molecule has 2 aliphatic heterocycles. The molecule has 2 saturated heterocycles. The Morgan fingerprint density at radius 1 is 1.33 bits per heavy atom. The molecule has 0 aromatic heterocycles. The molecule has 84 valence electrons. The summed E-state index contributed by atoms with van der Waals surface area (Å²) in [7, 11) is 0. The highest BCUT2D eigenvalue weighted by molar-refractivity contribution is 8.01. The maximum Gasteiger partial charge on any atom is 0.233 e. The number of fused-ring (bicyclic) bond motifs is 2. The van der Waals surface area contributed by atoms with Crippen LogP contribution in [0.15, 0.2) is 0 Å². The molecular formula is C11H19N2OS+. The quantitative estimate of drug-likeness (QED) is 0.640. The second-order valence-corrected chi connectivity index (χ2v) is 6.11. The summed E-state index contributed by atoms with van der Waals surface area (Å²) in [5.41, 5.74) is 0.382. The van der Waals surface area contributed by atoms with Gasteiger partial charge in [-0.25, -0.2) is 0 Å². The number of carbonyl (C=O) groups excluding carboxylic acids is 1. The molecule has 3 nitrogen and oxygen atoms in total. The summed E-state index contributed by atoms with van der Waals surface area (Å²) >= 11 is 1.88. The van der Waals surface area contributed by atoms with E-state index in [1.54, 1.807) is 0 Å². The average Bonchev–Trinajstić information content (AvgIpc) is 2.64. The van der Waals surface area contributed by atoms with Gasteiger partial charge in [-0.3, -0.25) is 4.79 Å². The van der Waals surface area contributed by atoms with Crippen molar-refractivity contribution >= 4 is 17.7 Å². The highest BCUT2D eigenvalue weighted by Crippen LogP contribution is 2.40. The Bertz CT molecular complexity index is 270. The zero-order chi connectivity index (χ0) is 10.3. The van der Waals surface area contributed by atoms with E-state index in [4.69, 9.17) is 0 Å². The van der Waals surface area contributed by atoms with Crippen LogP contribution in [-0.4, -0.2) is 40.6 Å². The van der Waals surface area contributed by atoms with E-state index in [0.717, 1.165) is 18.8 Å². The molecule has 3 aliphatic rings. The van der Waals surface area contributed by atoms with Crippen molar-refractivity contribution in [2.24, 2.45) is 0 Å². The van der Waals surface area contributed by atoms with E-state index in [1.165, 1.54) is 32.1 Å². The Kier molecular flexibility index (Phi) is 2.44. The van der Waals surface area contributed by atoms with Crippen LogP contribution >= 0.6 is 11.8 Å². The third-order valence-electron chi connectivity index (χ3n) is 4.17. The number of quaternary nitrogens is 1. The van der Waals surface area contributed by atoms with Crippen LogP contribution in [0.5, 0.6) is 0 Å². The lowest BCUT2D eigenvalue weighted by Gasteiger charge is -2.46. The molecule has 0 bridgehead atoms. The molecule has 1 aliphatic carbocycles. The molecule has 15 heavy (non-hydrogen) atoms. The standard InChI is InChI=1S/C11H18N2OS/c14-9-8-15-10-11(4-2-1-3-5-11)12-6-7-13(9)10/h10,12H,1-8H2/p+1/t10-/m1/s1. The van der Waals surface area contributed by atoms with Crippen LogP contribution < -0.4 is 5.32 Å². The van der Waals surface area contributed by atoms with Gasteiger partial charge in [-0.1, -0.05) is 6.42 Å². The van der Waals surface area contributed by atoms with Gasteiger partial charge in [0.05, 0.1) is 18.8 Å². The summed E-state index contributed by atoms with van der Waals surface area (Å²) in [4.78, 5) is 13.9. The normalized spacial score (nSPS) is 34.5. The first-order valence-electron chi connectivity index (χ1n) is 6.07. The van der Waals surface area contributed by atoms with Gasteiger partial charge >= 0.3 is 0 Å². The van der Waals surface area contributed by atoms with Gasteiger partial charge in [0.15, 0.2) is 0 Å². The number of thioether (sulfide) groups is 1. The monoisotopic (exact) mass is 227 g/mol. The maximum atomic E-state index is 11.7. The van der Waals surface area contributed by atoms with Crippen LogP contribution in [0.1, 0.15) is 32.1 Å². The SMILES string of the molecule is O=C1CS[C@H]2N1CC[NH2+]C21CCCCC1. The van der Waals surface area contributed by atoms with E-state index in [2.05, 4.69) is 10.2 Å². The predicted octanol–water partition coefficient (Wildman–Crippen LogP) is 0.168. The topological polar surface area (TPSA) is 36.9 Å². The fourth-order valence-electron chi connectivity index (χ4n) is 3.43. The van der Waals surface area contributed by atoms with E-state index in [1.807, 2.05) is 11.8 Å². The number of nitrogens with zero attached hydrogens (tertiary/aromatic N) is 1. The number of hydrogen-bond donors (Lipinski definition) is 1. The van der Waals surface area contributed by atoms with E-state index in [0.29, 0.717) is 16.8 Å². The fraction of sp³-hybridized carbons (Fsp3) is 0.909. The smallest absolute Gasteiger partial charge is 0.233 e. The number of piperazine rings is 1. The van der Waals surface area contributed by atoms with Gasteiger partial charge in [0.2, 0.25) is 5.91 Å². The van der Waals surface area contributed by atoms with Crippen molar-refractivity contribution in [2.75, 3.05) is 18.8 Å². The summed E-state index contributed by atoms with van der Waals surface area (Å²) < 4.78 is 0. The number of hydrogen-bond acceptors (Lipinski definition) is 2. The van der Waals surface area contributed by atoms with Gasteiger partial charge in [0.1, 0.15) is 10.9 Å². The van der Waals surface area contributed by atoms with E-state index in [-0.39, 0.29) is 0 Å². The summed E-state index contributed by atoms with van der Waals surface area (Å²) in [6, 6.07) is 0. The number of rotatable bonds is 0. The van der Waals surface area contributed by atoms with Crippen LogP contribution in [0, 0.1) is 0 Å². The molecule has 4 heteroatoms. The molecule has 3 fully saturated rings. The molecule has 1 atom stereocenters.